The molecule has 0 unspecified atom stereocenters. The van der Waals surface area contributed by atoms with Gasteiger partial charge in [0.2, 0.25) is 0 Å². The average Bonchev–Trinajstić information content (AvgIpc) is 2.80. The molecule has 0 fully saturated rings. The van der Waals surface area contributed by atoms with Crippen LogP contribution in [-0.4, -0.2) is 14.6 Å². The lowest BCUT2D eigenvalue weighted by Crippen LogP contribution is -2.03. The van der Waals surface area contributed by atoms with Gasteiger partial charge in [-0.15, -0.1) is 10.2 Å². The summed E-state index contributed by atoms with van der Waals surface area (Å²) < 4.78 is 2.00. The molecule has 0 saturated heterocycles. The maximum absolute atomic E-state index is 4.20. The Balaban J connectivity index is 1.83. The standard InChI is InChI=1S/C14H14N4/c1-11-7-8-18-13(9-11)16-17-14(18)10-15-12-5-3-2-4-6-12/h2-9,15H,10H2,1H3. The number of para-hydroxylation sites is 1. The van der Waals surface area contributed by atoms with Crippen LogP contribution in [-0.2, 0) is 6.54 Å². The van der Waals surface area contributed by atoms with Crippen LogP contribution in [0.3, 0.4) is 0 Å². The molecule has 0 saturated carbocycles. The van der Waals surface area contributed by atoms with E-state index in [0.29, 0.717) is 6.54 Å². The van der Waals surface area contributed by atoms with Gasteiger partial charge in [0.05, 0.1) is 6.54 Å². The average molecular weight is 238 g/mol. The van der Waals surface area contributed by atoms with Gasteiger partial charge in [-0.25, -0.2) is 0 Å². The van der Waals surface area contributed by atoms with Gasteiger partial charge in [-0.2, -0.15) is 0 Å². The normalized spacial score (nSPS) is 10.7. The zero-order valence-corrected chi connectivity index (χ0v) is 10.2. The van der Waals surface area contributed by atoms with Crippen LogP contribution in [0.5, 0.6) is 0 Å². The minimum absolute atomic E-state index is 0.661. The van der Waals surface area contributed by atoms with Gasteiger partial charge in [-0.3, -0.25) is 4.40 Å². The molecule has 3 aromatic rings. The molecule has 0 amide bonds. The second-order valence-electron chi connectivity index (χ2n) is 4.27. The molecule has 0 atom stereocenters. The van der Waals surface area contributed by atoms with E-state index in [-0.39, 0.29) is 0 Å². The summed E-state index contributed by atoms with van der Waals surface area (Å²) in [7, 11) is 0. The zero-order valence-electron chi connectivity index (χ0n) is 10.2. The highest BCUT2D eigenvalue weighted by Crippen LogP contribution is 2.10. The van der Waals surface area contributed by atoms with Crippen molar-refractivity contribution in [2.75, 3.05) is 5.32 Å². The summed E-state index contributed by atoms with van der Waals surface area (Å²) in [5.41, 5.74) is 3.17. The van der Waals surface area contributed by atoms with Gasteiger partial charge < -0.3 is 5.32 Å². The molecule has 90 valence electrons. The quantitative estimate of drug-likeness (QED) is 0.762. The molecule has 0 aliphatic rings. The molecule has 0 bridgehead atoms. The summed E-state index contributed by atoms with van der Waals surface area (Å²) in [5.74, 6) is 0.911. The van der Waals surface area contributed by atoms with Crippen LogP contribution >= 0.6 is 0 Å². The first kappa shape index (κ1) is 10.8. The maximum atomic E-state index is 4.20. The van der Waals surface area contributed by atoms with Crippen molar-refractivity contribution in [3.8, 4) is 0 Å². The van der Waals surface area contributed by atoms with Crippen LogP contribution in [0.25, 0.3) is 5.65 Å². The van der Waals surface area contributed by atoms with Gasteiger partial charge in [0.15, 0.2) is 11.5 Å². The van der Waals surface area contributed by atoms with Crippen molar-refractivity contribution in [3.05, 3.63) is 60.0 Å². The van der Waals surface area contributed by atoms with E-state index >= 15 is 0 Å². The lowest BCUT2D eigenvalue weighted by Gasteiger charge is -2.04. The van der Waals surface area contributed by atoms with E-state index in [4.69, 9.17) is 0 Å². The van der Waals surface area contributed by atoms with Crippen molar-refractivity contribution in [3.63, 3.8) is 0 Å². The molecule has 2 heterocycles. The van der Waals surface area contributed by atoms with E-state index in [1.807, 2.05) is 47.0 Å². The van der Waals surface area contributed by atoms with Crippen LogP contribution in [0.1, 0.15) is 11.4 Å². The van der Waals surface area contributed by atoms with Crippen molar-refractivity contribution in [1.82, 2.24) is 14.6 Å². The highest BCUT2D eigenvalue weighted by Gasteiger charge is 2.04. The molecule has 4 nitrogen and oxygen atoms in total. The lowest BCUT2D eigenvalue weighted by molar-refractivity contribution is 0.917. The third-order valence-corrected chi connectivity index (χ3v) is 2.86. The first-order chi connectivity index (χ1) is 8.83. The van der Waals surface area contributed by atoms with Crippen LogP contribution in [0, 0.1) is 6.92 Å². The fourth-order valence-corrected chi connectivity index (χ4v) is 1.90. The fraction of sp³-hybridized carbons (Fsp3) is 0.143. The summed E-state index contributed by atoms with van der Waals surface area (Å²) in [6, 6.07) is 14.2. The third kappa shape index (κ3) is 2.05. The van der Waals surface area contributed by atoms with Gasteiger partial charge >= 0.3 is 0 Å². The largest absolute Gasteiger partial charge is 0.378 e. The van der Waals surface area contributed by atoms with Gasteiger partial charge in [-0.05, 0) is 36.8 Å². The van der Waals surface area contributed by atoms with Crippen molar-refractivity contribution in [2.24, 2.45) is 0 Å². The summed E-state index contributed by atoms with van der Waals surface area (Å²) in [6.07, 6.45) is 2.01. The molecule has 0 aliphatic carbocycles. The predicted molar refractivity (Wildman–Crippen MR) is 71.5 cm³/mol. The Morgan fingerprint density at radius 3 is 2.78 bits per heavy atom. The van der Waals surface area contributed by atoms with Gasteiger partial charge in [0.25, 0.3) is 0 Å². The Kier molecular flexibility index (Phi) is 2.68. The smallest absolute Gasteiger partial charge is 0.161 e. The number of benzene rings is 1. The number of aryl methyl sites for hydroxylation is 1. The number of nitrogens with one attached hydrogen (secondary N) is 1. The van der Waals surface area contributed by atoms with Gasteiger partial charge in [0, 0.05) is 11.9 Å². The lowest BCUT2D eigenvalue weighted by atomic mass is 10.3. The molecule has 18 heavy (non-hydrogen) atoms. The maximum Gasteiger partial charge on any atom is 0.161 e. The monoisotopic (exact) mass is 238 g/mol. The second-order valence-corrected chi connectivity index (χ2v) is 4.27. The zero-order chi connectivity index (χ0) is 12.4. The van der Waals surface area contributed by atoms with Crippen molar-refractivity contribution in [2.45, 2.75) is 13.5 Å². The van der Waals surface area contributed by atoms with E-state index in [9.17, 15) is 0 Å². The van der Waals surface area contributed by atoms with Crippen LogP contribution in [0.2, 0.25) is 0 Å². The summed E-state index contributed by atoms with van der Waals surface area (Å²) >= 11 is 0. The molecule has 2 aromatic heterocycles. The number of pyridine rings is 1. The molecule has 0 spiro atoms. The predicted octanol–water partition coefficient (Wildman–Crippen LogP) is 2.65. The Morgan fingerprint density at radius 1 is 1.11 bits per heavy atom. The molecular weight excluding hydrogens is 224 g/mol. The van der Waals surface area contributed by atoms with Crippen molar-refractivity contribution >= 4 is 11.3 Å². The number of aromatic nitrogens is 3. The third-order valence-electron chi connectivity index (χ3n) is 2.86. The number of hydrogen-bond acceptors (Lipinski definition) is 3. The van der Waals surface area contributed by atoms with E-state index in [2.05, 4.69) is 28.5 Å². The molecule has 1 N–H and O–H groups in total. The Morgan fingerprint density at radius 2 is 1.94 bits per heavy atom. The number of nitrogens with zero attached hydrogens (tertiary/aromatic N) is 3. The Labute approximate surface area is 105 Å². The van der Waals surface area contributed by atoms with E-state index in [0.717, 1.165) is 17.2 Å². The molecule has 4 heteroatoms. The first-order valence-electron chi connectivity index (χ1n) is 5.92. The topological polar surface area (TPSA) is 42.2 Å². The summed E-state index contributed by atoms with van der Waals surface area (Å²) in [4.78, 5) is 0. The number of fused-ring (bicyclic) bond motifs is 1. The molecule has 3 rings (SSSR count). The van der Waals surface area contributed by atoms with E-state index < -0.39 is 0 Å². The van der Waals surface area contributed by atoms with Crippen molar-refractivity contribution in [1.29, 1.82) is 0 Å². The molecular formula is C14H14N4. The van der Waals surface area contributed by atoms with Crippen LogP contribution < -0.4 is 5.32 Å². The number of hydrogen-bond donors (Lipinski definition) is 1. The fourth-order valence-electron chi connectivity index (χ4n) is 1.90. The highest BCUT2D eigenvalue weighted by molar-refractivity contribution is 5.44. The first-order valence-corrected chi connectivity index (χ1v) is 5.92. The Bertz CT molecular complexity index is 658. The molecule has 1 aromatic carbocycles. The molecule has 0 aliphatic heterocycles. The second kappa shape index (κ2) is 4.49. The van der Waals surface area contributed by atoms with Gasteiger partial charge in [0.1, 0.15) is 0 Å². The van der Waals surface area contributed by atoms with Gasteiger partial charge in [-0.1, -0.05) is 18.2 Å². The number of anilines is 1. The van der Waals surface area contributed by atoms with E-state index in [1.165, 1.54) is 5.56 Å². The minimum atomic E-state index is 0.661. The summed E-state index contributed by atoms with van der Waals surface area (Å²) in [6.45, 7) is 2.71. The van der Waals surface area contributed by atoms with Crippen molar-refractivity contribution < 1.29 is 0 Å². The molecule has 0 radical (unpaired) electrons. The van der Waals surface area contributed by atoms with E-state index in [1.54, 1.807) is 0 Å². The minimum Gasteiger partial charge on any atom is -0.378 e. The highest BCUT2D eigenvalue weighted by atomic mass is 15.3. The SMILES string of the molecule is Cc1ccn2c(CNc3ccccc3)nnc2c1. The van der Waals surface area contributed by atoms with Crippen LogP contribution in [0.15, 0.2) is 48.7 Å². The number of rotatable bonds is 3. The Hall–Kier alpha value is -2.36. The summed E-state index contributed by atoms with van der Waals surface area (Å²) in [5, 5.41) is 11.7. The van der Waals surface area contributed by atoms with Crippen LogP contribution in [0.4, 0.5) is 5.69 Å².